The summed E-state index contributed by atoms with van der Waals surface area (Å²) in [6, 6.07) is -0.178. The Morgan fingerprint density at radius 3 is 1.89 bits per heavy atom. The number of hydrogen-bond donors (Lipinski definition) is 3. The van der Waals surface area contributed by atoms with Crippen molar-refractivity contribution in [1.29, 1.82) is 0 Å². The molecular weight excluding hydrogens is 116 g/mol. The molecule has 0 aliphatic heterocycles. The van der Waals surface area contributed by atoms with Crippen molar-refractivity contribution in [3.63, 3.8) is 0 Å². The first-order valence-corrected chi connectivity index (χ1v) is 3.41. The van der Waals surface area contributed by atoms with E-state index in [0.29, 0.717) is 0 Å². The molecule has 3 nitrogen and oxygen atoms in total. The minimum Gasteiger partial charge on any atom is -0.390 e. The van der Waals surface area contributed by atoms with Crippen LogP contribution >= 0.6 is 0 Å². The van der Waals surface area contributed by atoms with Crippen LogP contribution in [0.1, 0.15) is 19.3 Å². The molecule has 1 rings (SSSR count). The first kappa shape index (κ1) is 6.99. The van der Waals surface area contributed by atoms with Crippen LogP contribution in [0.5, 0.6) is 0 Å². The van der Waals surface area contributed by atoms with E-state index >= 15 is 0 Å². The third-order valence-electron chi connectivity index (χ3n) is 1.95. The molecule has 2 atom stereocenters. The second-order valence-electron chi connectivity index (χ2n) is 2.75. The molecule has 5 N–H and O–H groups in total. The standard InChI is InChI=1S/C6H14N2O/c7-4-2-1-3-5(8)6(4)9/h4-6,9H,1-3,7-8H2/t4-,5-/m0/s1. The second-order valence-corrected chi connectivity index (χ2v) is 2.75. The first-order valence-electron chi connectivity index (χ1n) is 3.41. The Kier molecular flexibility index (Phi) is 2.05. The minimum absolute atomic E-state index is 0.0891. The van der Waals surface area contributed by atoms with Gasteiger partial charge in [-0.25, -0.2) is 0 Å². The van der Waals surface area contributed by atoms with Crippen molar-refractivity contribution in [3.05, 3.63) is 0 Å². The van der Waals surface area contributed by atoms with Crippen molar-refractivity contribution < 1.29 is 5.11 Å². The largest absolute Gasteiger partial charge is 0.390 e. The van der Waals surface area contributed by atoms with E-state index in [1.54, 1.807) is 0 Å². The normalized spacial score (nSPS) is 39.0. The lowest BCUT2D eigenvalue weighted by Crippen LogP contribution is -2.50. The summed E-state index contributed by atoms with van der Waals surface area (Å²) in [7, 11) is 0. The predicted octanol–water partition coefficient (Wildman–Crippen LogP) is -0.814. The second kappa shape index (κ2) is 2.64. The minimum atomic E-state index is -0.473. The average molecular weight is 130 g/mol. The molecule has 0 aromatic heterocycles. The third-order valence-corrected chi connectivity index (χ3v) is 1.95. The van der Waals surface area contributed by atoms with Gasteiger partial charge in [-0.3, -0.25) is 0 Å². The van der Waals surface area contributed by atoms with Gasteiger partial charge < -0.3 is 16.6 Å². The van der Waals surface area contributed by atoms with E-state index in [0.717, 1.165) is 19.3 Å². The van der Waals surface area contributed by atoms with Crippen LogP contribution in [0.2, 0.25) is 0 Å². The van der Waals surface area contributed by atoms with E-state index < -0.39 is 6.10 Å². The van der Waals surface area contributed by atoms with Gasteiger partial charge in [-0.1, -0.05) is 6.42 Å². The Morgan fingerprint density at radius 1 is 1.11 bits per heavy atom. The lowest BCUT2D eigenvalue weighted by Gasteiger charge is -2.29. The zero-order chi connectivity index (χ0) is 6.85. The van der Waals surface area contributed by atoms with Crippen LogP contribution in [-0.4, -0.2) is 23.3 Å². The van der Waals surface area contributed by atoms with Crippen LogP contribution < -0.4 is 11.5 Å². The average Bonchev–Trinajstić information content (AvgIpc) is 1.83. The predicted molar refractivity (Wildman–Crippen MR) is 35.8 cm³/mol. The maximum Gasteiger partial charge on any atom is 0.0841 e. The highest BCUT2D eigenvalue weighted by Crippen LogP contribution is 2.15. The smallest absolute Gasteiger partial charge is 0.0841 e. The fourth-order valence-electron chi connectivity index (χ4n) is 1.25. The van der Waals surface area contributed by atoms with Gasteiger partial charge in [0.1, 0.15) is 0 Å². The zero-order valence-corrected chi connectivity index (χ0v) is 5.46. The number of aliphatic hydroxyl groups excluding tert-OH is 1. The van der Waals surface area contributed by atoms with E-state index in [1.165, 1.54) is 0 Å². The van der Waals surface area contributed by atoms with Gasteiger partial charge in [-0.05, 0) is 12.8 Å². The van der Waals surface area contributed by atoms with Crippen LogP contribution in [0.25, 0.3) is 0 Å². The summed E-state index contributed by atoms with van der Waals surface area (Å²) in [5.74, 6) is 0. The van der Waals surface area contributed by atoms with E-state index in [1.807, 2.05) is 0 Å². The summed E-state index contributed by atoms with van der Waals surface area (Å²) >= 11 is 0. The highest BCUT2D eigenvalue weighted by Gasteiger charge is 2.25. The van der Waals surface area contributed by atoms with E-state index in [9.17, 15) is 5.11 Å². The molecule has 0 saturated heterocycles. The highest BCUT2D eigenvalue weighted by atomic mass is 16.3. The lowest BCUT2D eigenvalue weighted by molar-refractivity contribution is 0.0879. The molecule has 0 aromatic carbocycles. The molecule has 0 spiro atoms. The summed E-state index contributed by atoms with van der Waals surface area (Å²) in [5.41, 5.74) is 11.1. The van der Waals surface area contributed by atoms with E-state index in [4.69, 9.17) is 11.5 Å². The SMILES string of the molecule is N[C@H]1CCC[C@H](N)C1O. The van der Waals surface area contributed by atoms with Crippen molar-refractivity contribution in [3.8, 4) is 0 Å². The third kappa shape index (κ3) is 1.41. The maximum atomic E-state index is 9.20. The van der Waals surface area contributed by atoms with Crippen molar-refractivity contribution >= 4 is 0 Å². The van der Waals surface area contributed by atoms with Gasteiger partial charge in [-0.15, -0.1) is 0 Å². The summed E-state index contributed by atoms with van der Waals surface area (Å²) in [4.78, 5) is 0. The molecule has 0 unspecified atom stereocenters. The van der Waals surface area contributed by atoms with E-state index in [-0.39, 0.29) is 12.1 Å². The van der Waals surface area contributed by atoms with Gasteiger partial charge in [0.2, 0.25) is 0 Å². The Morgan fingerprint density at radius 2 is 1.56 bits per heavy atom. The van der Waals surface area contributed by atoms with Crippen molar-refractivity contribution in [2.45, 2.75) is 37.5 Å². The fourth-order valence-corrected chi connectivity index (χ4v) is 1.25. The van der Waals surface area contributed by atoms with E-state index in [2.05, 4.69) is 0 Å². The van der Waals surface area contributed by atoms with Gasteiger partial charge in [0.05, 0.1) is 6.10 Å². The lowest BCUT2D eigenvalue weighted by atomic mass is 9.89. The van der Waals surface area contributed by atoms with Gasteiger partial charge in [0.25, 0.3) is 0 Å². The maximum absolute atomic E-state index is 9.20. The summed E-state index contributed by atoms with van der Waals surface area (Å²) in [5, 5.41) is 9.20. The van der Waals surface area contributed by atoms with Gasteiger partial charge in [-0.2, -0.15) is 0 Å². The molecule has 0 aromatic rings. The Hall–Kier alpha value is -0.120. The monoisotopic (exact) mass is 130 g/mol. The van der Waals surface area contributed by atoms with Crippen LogP contribution in [-0.2, 0) is 0 Å². The number of aliphatic hydroxyl groups is 1. The number of hydrogen-bond acceptors (Lipinski definition) is 3. The Labute approximate surface area is 55.0 Å². The Bertz CT molecular complexity index is 87.1. The molecule has 9 heavy (non-hydrogen) atoms. The van der Waals surface area contributed by atoms with Gasteiger partial charge in [0.15, 0.2) is 0 Å². The molecule has 0 bridgehead atoms. The van der Waals surface area contributed by atoms with Crippen molar-refractivity contribution in [1.82, 2.24) is 0 Å². The van der Waals surface area contributed by atoms with Crippen molar-refractivity contribution in [2.24, 2.45) is 11.5 Å². The Balaban J connectivity index is 2.41. The quantitative estimate of drug-likeness (QED) is 0.401. The summed E-state index contributed by atoms with van der Waals surface area (Å²) < 4.78 is 0. The van der Waals surface area contributed by atoms with Gasteiger partial charge in [0, 0.05) is 12.1 Å². The van der Waals surface area contributed by atoms with Gasteiger partial charge >= 0.3 is 0 Å². The number of nitrogens with two attached hydrogens (primary N) is 2. The summed E-state index contributed by atoms with van der Waals surface area (Å²) in [6.07, 6.45) is 2.40. The van der Waals surface area contributed by atoms with Crippen LogP contribution in [0.4, 0.5) is 0 Å². The van der Waals surface area contributed by atoms with Crippen LogP contribution in [0.3, 0.4) is 0 Å². The topological polar surface area (TPSA) is 72.3 Å². The fraction of sp³-hybridized carbons (Fsp3) is 1.00. The zero-order valence-electron chi connectivity index (χ0n) is 5.46. The molecule has 0 heterocycles. The summed E-state index contributed by atoms with van der Waals surface area (Å²) in [6.45, 7) is 0. The molecule has 1 fully saturated rings. The first-order chi connectivity index (χ1) is 4.22. The molecule has 0 radical (unpaired) electrons. The molecule has 1 saturated carbocycles. The molecule has 1 aliphatic carbocycles. The molecular formula is C6H14N2O. The van der Waals surface area contributed by atoms with Crippen LogP contribution in [0.15, 0.2) is 0 Å². The molecule has 1 aliphatic rings. The molecule has 54 valence electrons. The highest BCUT2D eigenvalue weighted by molar-refractivity contribution is 4.86. The molecule has 3 heteroatoms. The van der Waals surface area contributed by atoms with Crippen molar-refractivity contribution in [2.75, 3.05) is 0 Å². The molecule has 0 amide bonds. The number of rotatable bonds is 0. The van der Waals surface area contributed by atoms with Crippen LogP contribution in [0, 0.1) is 0 Å².